The molecule has 1 amide bonds. The van der Waals surface area contributed by atoms with Crippen LogP contribution >= 0.6 is 0 Å². The van der Waals surface area contributed by atoms with Gasteiger partial charge >= 0.3 is 5.91 Å². The van der Waals surface area contributed by atoms with Crippen LogP contribution in [0.5, 0.6) is 0 Å². The van der Waals surface area contributed by atoms with Crippen molar-refractivity contribution < 1.29 is 13.9 Å². The number of amides is 1. The molecule has 0 spiro atoms. The van der Waals surface area contributed by atoms with Gasteiger partial charge in [-0.25, -0.2) is 4.98 Å². The van der Waals surface area contributed by atoms with Gasteiger partial charge in [0.2, 0.25) is 0 Å². The van der Waals surface area contributed by atoms with Gasteiger partial charge in [0, 0.05) is 39.2 Å². The number of nitrogens with zero attached hydrogens (tertiary/aromatic N) is 2. The normalized spacial score (nSPS) is 15.5. The van der Waals surface area contributed by atoms with E-state index < -0.39 is 0 Å². The van der Waals surface area contributed by atoms with Crippen molar-refractivity contribution in [2.75, 3.05) is 20.3 Å². The van der Waals surface area contributed by atoms with E-state index in [-0.39, 0.29) is 17.8 Å². The lowest BCUT2D eigenvalue weighted by Crippen LogP contribution is -2.35. The second-order valence-electron chi connectivity index (χ2n) is 6.85. The third-order valence-corrected chi connectivity index (χ3v) is 4.63. The number of methoxy groups -OCH3 is 1. The zero-order chi connectivity index (χ0) is 18.5. The van der Waals surface area contributed by atoms with E-state index in [1.807, 2.05) is 6.92 Å². The molecule has 1 aliphatic heterocycles. The molecular formula is C20H27N3O3. The maximum absolute atomic E-state index is 12.2. The van der Waals surface area contributed by atoms with Gasteiger partial charge in [0.1, 0.15) is 5.76 Å². The number of fused-ring (bicyclic) bond motifs is 1. The fourth-order valence-electron chi connectivity index (χ4n) is 3.20. The van der Waals surface area contributed by atoms with Crippen LogP contribution in [0.15, 0.2) is 28.7 Å². The molecule has 140 valence electrons. The minimum absolute atomic E-state index is 0.0842. The summed E-state index contributed by atoms with van der Waals surface area (Å²) in [6.07, 6.45) is 1.83. The quantitative estimate of drug-likeness (QED) is 0.825. The highest BCUT2D eigenvalue weighted by molar-refractivity contribution is 5.89. The molecule has 0 saturated heterocycles. The number of rotatable bonds is 7. The van der Waals surface area contributed by atoms with Crippen LogP contribution in [0.25, 0.3) is 0 Å². The molecule has 3 rings (SSSR count). The van der Waals surface area contributed by atoms with Crippen molar-refractivity contribution in [3.05, 3.63) is 52.7 Å². The van der Waals surface area contributed by atoms with E-state index in [9.17, 15) is 4.79 Å². The Hall–Kier alpha value is -2.18. The molecular weight excluding hydrogens is 330 g/mol. The molecule has 26 heavy (non-hydrogen) atoms. The summed E-state index contributed by atoms with van der Waals surface area (Å²) in [5.41, 5.74) is 3.51. The Morgan fingerprint density at radius 3 is 2.77 bits per heavy atom. The molecule has 0 fully saturated rings. The van der Waals surface area contributed by atoms with Crippen LogP contribution in [0.1, 0.15) is 47.1 Å². The highest BCUT2D eigenvalue weighted by atomic mass is 16.5. The van der Waals surface area contributed by atoms with E-state index in [0.29, 0.717) is 13.2 Å². The molecule has 1 atom stereocenters. The number of aryl methyl sites for hydroxylation is 1. The Kier molecular flexibility index (Phi) is 6.06. The number of carbonyl (C=O) groups excluding carboxylic acids is 1. The molecule has 0 saturated carbocycles. The molecule has 0 radical (unpaired) electrons. The van der Waals surface area contributed by atoms with Crippen LogP contribution in [0.2, 0.25) is 0 Å². The average molecular weight is 357 g/mol. The summed E-state index contributed by atoms with van der Waals surface area (Å²) in [6, 6.07) is 8.66. The van der Waals surface area contributed by atoms with Gasteiger partial charge in [-0.15, -0.1) is 0 Å². The van der Waals surface area contributed by atoms with Crippen molar-refractivity contribution in [1.82, 2.24) is 15.2 Å². The van der Waals surface area contributed by atoms with Crippen molar-refractivity contribution in [1.29, 1.82) is 0 Å². The summed E-state index contributed by atoms with van der Waals surface area (Å²) in [4.78, 5) is 19.0. The van der Waals surface area contributed by atoms with E-state index in [4.69, 9.17) is 9.15 Å². The van der Waals surface area contributed by atoms with Crippen LogP contribution in [-0.4, -0.2) is 42.1 Å². The average Bonchev–Trinajstić information content (AvgIpc) is 3.06. The van der Waals surface area contributed by atoms with Gasteiger partial charge in [-0.2, -0.15) is 0 Å². The van der Waals surface area contributed by atoms with Crippen LogP contribution in [-0.2, 0) is 30.7 Å². The van der Waals surface area contributed by atoms with Crippen molar-refractivity contribution in [3.8, 4) is 0 Å². The zero-order valence-electron chi connectivity index (χ0n) is 15.7. The first-order valence-corrected chi connectivity index (χ1v) is 9.17. The Balaban J connectivity index is 1.61. The molecule has 0 unspecified atom stereocenters. The van der Waals surface area contributed by atoms with Crippen LogP contribution in [0, 0.1) is 0 Å². The molecule has 6 nitrogen and oxygen atoms in total. The van der Waals surface area contributed by atoms with Gasteiger partial charge in [0.25, 0.3) is 5.89 Å². The highest BCUT2D eigenvalue weighted by Crippen LogP contribution is 2.21. The second kappa shape index (κ2) is 8.47. The van der Waals surface area contributed by atoms with Gasteiger partial charge in [-0.3, -0.25) is 9.69 Å². The molecule has 1 aliphatic rings. The number of ether oxygens (including phenoxy) is 1. The van der Waals surface area contributed by atoms with Crippen molar-refractivity contribution >= 4 is 5.91 Å². The number of hydrogen-bond acceptors (Lipinski definition) is 5. The molecule has 1 aromatic heterocycles. The van der Waals surface area contributed by atoms with Crippen molar-refractivity contribution in [2.24, 2.45) is 0 Å². The molecule has 0 aliphatic carbocycles. The molecule has 2 heterocycles. The van der Waals surface area contributed by atoms with E-state index in [0.717, 1.165) is 37.4 Å². The van der Waals surface area contributed by atoms with Gasteiger partial charge < -0.3 is 14.5 Å². The zero-order valence-corrected chi connectivity index (χ0v) is 15.7. The largest absolute Gasteiger partial charge is 0.437 e. The highest BCUT2D eigenvalue weighted by Gasteiger charge is 2.25. The number of benzene rings is 1. The summed E-state index contributed by atoms with van der Waals surface area (Å²) in [6.45, 7) is 6.99. The SMILES string of the molecule is CCc1ccc(CN2CCc3oc(C(=O)N[C@@H](C)COC)nc3C2)cc1. The standard InChI is InChI=1S/C20H27N3O3/c1-4-15-5-7-16(8-6-15)11-23-10-9-18-17(12-23)22-20(26-18)19(24)21-14(2)13-25-3/h5-8,14H,4,9-13H2,1-3H3,(H,21,24)/t14-/m0/s1. The maximum Gasteiger partial charge on any atom is 0.307 e. The monoisotopic (exact) mass is 357 g/mol. The molecule has 0 bridgehead atoms. The lowest BCUT2D eigenvalue weighted by atomic mass is 10.1. The minimum atomic E-state index is -0.286. The van der Waals surface area contributed by atoms with E-state index >= 15 is 0 Å². The Morgan fingerprint density at radius 1 is 1.35 bits per heavy atom. The predicted octanol–water partition coefficient (Wildman–Crippen LogP) is 2.56. The number of nitrogens with one attached hydrogen (secondary N) is 1. The van der Waals surface area contributed by atoms with Crippen molar-refractivity contribution in [3.63, 3.8) is 0 Å². The smallest absolute Gasteiger partial charge is 0.307 e. The number of aromatic nitrogens is 1. The third kappa shape index (κ3) is 4.51. The van der Waals surface area contributed by atoms with E-state index in [2.05, 4.69) is 46.4 Å². The summed E-state index contributed by atoms with van der Waals surface area (Å²) in [5.74, 6) is 0.685. The first kappa shape index (κ1) is 18.6. The van der Waals surface area contributed by atoms with E-state index in [1.54, 1.807) is 7.11 Å². The molecule has 6 heteroatoms. The predicted molar refractivity (Wildman–Crippen MR) is 98.9 cm³/mol. The summed E-state index contributed by atoms with van der Waals surface area (Å²) < 4.78 is 10.7. The van der Waals surface area contributed by atoms with Crippen LogP contribution in [0.4, 0.5) is 0 Å². The van der Waals surface area contributed by atoms with Gasteiger partial charge in [0.15, 0.2) is 0 Å². The van der Waals surface area contributed by atoms with Crippen LogP contribution in [0.3, 0.4) is 0 Å². The lowest BCUT2D eigenvalue weighted by Gasteiger charge is -2.25. The lowest BCUT2D eigenvalue weighted by molar-refractivity contribution is 0.0869. The first-order valence-electron chi connectivity index (χ1n) is 9.17. The van der Waals surface area contributed by atoms with Gasteiger partial charge in [0.05, 0.1) is 12.3 Å². The second-order valence-corrected chi connectivity index (χ2v) is 6.85. The molecule has 1 aromatic carbocycles. The Bertz CT molecular complexity index is 739. The number of carbonyl (C=O) groups is 1. The molecule has 1 N–H and O–H groups in total. The Labute approximate surface area is 154 Å². The fraction of sp³-hybridized carbons (Fsp3) is 0.500. The summed E-state index contributed by atoms with van der Waals surface area (Å²) in [7, 11) is 1.61. The fourth-order valence-corrected chi connectivity index (χ4v) is 3.20. The summed E-state index contributed by atoms with van der Waals surface area (Å²) in [5, 5.41) is 2.83. The van der Waals surface area contributed by atoms with Gasteiger partial charge in [-0.1, -0.05) is 31.2 Å². The third-order valence-electron chi connectivity index (χ3n) is 4.63. The number of oxazole rings is 1. The minimum Gasteiger partial charge on any atom is -0.437 e. The molecule has 2 aromatic rings. The number of hydrogen-bond donors (Lipinski definition) is 1. The summed E-state index contributed by atoms with van der Waals surface area (Å²) >= 11 is 0. The van der Waals surface area contributed by atoms with Gasteiger partial charge in [-0.05, 0) is 24.5 Å². The van der Waals surface area contributed by atoms with Crippen LogP contribution < -0.4 is 5.32 Å². The maximum atomic E-state index is 12.2. The van der Waals surface area contributed by atoms with Crippen molar-refractivity contribution in [2.45, 2.75) is 45.8 Å². The first-order chi connectivity index (χ1) is 12.6. The van der Waals surface area contributed by atoms with E-state index in [1.165, 1.54) is 11.1 Å². The Morgan fingerprint density at radius 2 is 2.08 bits per heavy atom. The topological polar surface area (TPSA) is 67.6 Å².